The summed E-state index contributed by atoms with van der Waals surface area (Å²) in [6, 6.07) is 11.1. The van der Waals surface area contributed by atoms with Crippen LogP contribution in [0.4, 0.5) is 4.39 Å². The van der Waals surface area contributed by atoms with Crippen LogP contribution >= 0.6 is 0 Å². The predicted octanol–water partition coefficient (Wildman–Crippen LogP) is 3.12. The van der Waals surface area contributed by atoms with E-state index in [0.29, 0.717) is 27.9 Å². The third-order valence-corrected chi connectivity index (χ3v) is 6.89. The molecule has 34 heavy (non-hydrogen) atoms. The van der Waals surface area contributed by atoms with Crippen molar-refractivity contribution in [3.63, 3.8) is 0 Å². The topological polar surface area (TPSA) is 121 Å². The van der Waals surface area contributed by atoms with Crippen LogP contribution in [-0.2, 0) is 10.0 Å². The summed E-state index contributed by atoms with van der Waals surface area (Å²) in [7, 11) is -2.54. The number of fused-ring (bicyclic) bond motifs is 2. The Morgan fingerprint density at radius 3 is 2.56 bits per heavy atom. The van der Waals surface area contributed by atoms with Gasteiger partial charge >= 0.3 is 10.0 Å². The molecule has 11 heteroatoms. The normalized spacial score (nSPS) is 12.8. The smallest absolute Gasteiger partial charge is 0.301 e. The Morgan fingerprint density at radius 2 is 1.82 bits per heavy atom. The van der Waals surface area contributed by atoms with Crippen molar-refractivity contribution < 1.29 is 12.8 Å². The second-order valence-corrected chi connectivity index (χ2v) is 9.09. The quantitative estimate of drug-likeness (QED) is 0.390. The molecule has 0 aliphatic carbocycles. The van der Waals surface area contributed by atoms with Crippen molar-refractivity contribution in [2.75, 3.05) is 7.05 Å². The fourth-order valence-electron chi connectivity index (χ4n) is 3.64. The van der Waals surface area contributed by atoms with Crippen molar-refractivity contribution in [2.45, 2.75) is 5.03 Å². The van der Waals surface area contributed by atoms with Crippen LogP contribution in [0.25, 0.3) is 33.4 Å². The molecule has 0 radical (unpaired) electrons. The molecular formula is C23H18FN7O2S. The molecule has 5 rings (SSSR count). The van der Waals surface area contributed by atoms with Crippen molar-refractivity contribution in [1.82, 2.24) is 23.6 Å². The van der Waals surface area contributed by atoms with E-state index in [1.54, 1.807) is 56.0 Å². The van der Waals surface area contributed by atoms with Crippen LogP contribution in [0.15, 0.2) is 83.5 Å². The van der Waals surface area contributed by atoms with Crippen LogP contribution in [0.5, 0.6) is 0 Å². The lowest BCUT2D eigenvalue weighted by Gasteiger charge is -2.08. The molecule has 0 unspecified atom stereocenters. The number of hydrogen-bond acceptors (Lipinski definition) is 7. The summed E-state index contributed by atoms with van der Waals surface area (Å²) in [5.41, 5.74) is 9.42. The first kappa shape index (κ1) is 21.5. The van der Waals surface area contributed by atoms with E-state index in [4.69, 9.17) is 5.73 Å². The zero-order valence-corrected chi connectivity index (χ0v) is 18.7. The molecule has 0 amide bonds. The van der Waals surface area contributed by atoms with Gasteiger partial charge in [-0.3, -0.25) is 14.4 Å². The summed E-state index contributed by atoms with van der Waals surface area (Å²) in [5.74, 6) is -0.355. The van der Waals surface area contributed by atoms with Gasteiger partial charge in [0.1, 0.15) is 22.5 Å². The molecule has 4 aromatic heterocycles. The number of rotatable bonds is 5. The van der Waals surface area contributed by atoms with Crippen LogP contribution in [0.1, 0.15) is 5.56 Å². The van der Waals surface area contributed by atoms with Crippen LogP contribution in [0, 0.1) is 5.82 Å². The van der Waals surface area contributed by atoms with E-state index >= 15 is 0 Å². The van der Waals surface area contributed by atoms with Gasteiger partial charge in [0.2, 0.25) is 0 Å². The average Bonchev–Trinajstić information content (AvgIpc) is 3.47. The Kier molecular flexibility index (Phi) is 5.17. The summed E-state index contributed by atoms with van der Waals surface area (Å²) in [5, 5.41) is 4.01. The lowest BCUT2D eigenvalue weighted by Crippen LogP contribution is -2.16. The van der Waals surface area contributed by atoms with E-state index in [9.17, 15) is 12.8 Å². The van der Waals surface area contributed by atoms with Gasteiger partial charge in [0.25, 0.3) is 0 Å². The number of aromatic nitrogens is 5. The number of nitrogens with zero attached hydrogens (tertiary/aromatic N) is 6. The molecule has 0 bridgehead atoms. The van der Waals surface area contributed by atoms with Crippen molar-refractivity contribution >= 4 is 38.5 Å². The van der Waals surface area contributed by atoms with Gasteiger partial charge in [0.05, 0.1) is 12.4 Å². The van der Waals surface area contributed by atoms with E-state index in [1.165, 1.54) is 35.1 Å². The third-order valence-electron chi connectivity index (χ3n) is 5.31. The number of hydrogen-bond donors (Lipinski definition) is 1. The molecule has 0 aliphatic rings. The second kappa shape index (κ2) is 8.19. The fraction of sp³-hybridized carbons (Fsp3) is 0.0435. The highest BCUT2D eigenvalue weighted by Crippen LogP contribution is 2.25. The zero-order valence-electron chi connectivity index (χ0n) is 17.9. The minimum atomic E-state index is -4.15. The summed E-state index contributed by atoms with van der Waals surface area (Å²) in [4.78, 5) is 12.5. The molecule has 9 nitrogen and oxygen atoms in total. The van der Waals surface area contributed by atoms with Crippen LogP contribution in [0.2, 0.25) is 0 Å². The monoisotopic (exact) mass is 475 g/mol. The Labute approximate surface area is 193 Å². The highest BCUT2D eigenvalue weighted by Gasteiger charge is 2.25. The number of benzene rings is 1. The van der Waals surface area contributed by atoms with Crippen molar-refractivity contribution in [1.29, 1.82) is 0 Å². The van der Waals surface area contributed by atoms with E-state index < -0.39 is 10.0 Å². The molecular weight excluding hydrogens is 457 g/mol. The SMILES string of the molecule is CN=CC(=CN)c1cnc2cnn(S(=O)(=O)c3cnc4ccc(-c5ccc(F)cc5)cn34)c2c1. The highest BCUT2D eigenvalue weighted by atomic mass is 32.2. The van der Waals surface area contributed by atoms with Crippen molar-refractivity contribution in [3.8, 4) is 11.1 Å². The van der Waals surface area contributed by atoms with Gasteiger partial charge in [-0.05, 0) is 41.5 Å². The largest absolute Gasteiger partial charge is 0.404 e. The number of pyridine rings is 2. The lowest BCUT2D eigenvalue weighted by molar-refractivity contribution is 0.577. The summed E-state index contributed by atoms with van der Waals surface area (Å²) >= 11 is 0. The van der Waals surface area contributed by atoms with Gasteiger partial charge in [0.15, 0.2) is 5.03 Å². The molecule has 0 aliphatic heterocycles. The first-order valence-electron chi connectivity index (χ1n) is 10.1. The van der Waals surface area contributed by atoms with Gasteiger partial charge in [0, 0.05) is 43.0 Å². The highest BCUT2D eigenvalue weighted by molar-refractivity contribution is 7.90. The fourth-order valence-corrected chi connectivity index (χ4v) is 4.97. The average molecular weight is 476 g/mol. The maximum atomic E-state index is 13.6. The standard InChI is InChI=1S/C23H18FN7O2S/c1-26-10-18(9-25)17-8-21-20(27-11-17)12-29-31(21)34(32,33)23-13-28-22-7-4-16(14-30(22)23)15-2-5-19(24)6-3-15/h2-14H,25H2,1H3. The van der Waals surface area contributed by atoms with Gasteiger partial charge < -0.3 is 5.73 Å². The third kappa shape index (κ3) is 3.52. The zero-order chi connectivity index (χ0) is 23.9. The molecule has 1 aromatic carbocycles. The number of halogens is 1. The lowest BCUT2D eigenvalue weighted by atomic mass is 10.1. The van der Waals surface area contributed by atoms with Gasteiger partial charge in [-0.1, -0.05) is 12.1 Å². The van der Waals surface area contributed by atoms with Gasteiger partial charge in [-0.15, -0.1) is 0 Å². The first-order chi connectivity index (χ1) is 16.4. The molecule has 0 atom stereocenters. The molecule has 5 aromatic rings. The molecule has 0 saturated carbocycles. The number of nitrogens with two attached hydrogens (primary N) is 1. The van der Waals surface area contributed by atoms with Crippen molar-refractivity contribution in [3.05, 3.63) is 84.8 Å². The minimum absolute atomic E-state index is 0.0772. The van der Waals surface area contributed by atoms with E-state index in [0.717, 1.165) is 9.65 Å². The van der Waals surface area contributed by atoms with Gasteiger partial charge in [-0.25, -0.2) is 9.37 Å². The van der Waals surface area contributed by atoms with Crippen molar-refractivity contribution in [2.24, 2.45) is 10.7 Å². The maximum Gasteiger partial charge on any atom is 0.301 e. The minimum Gasteiger partial charge on any atom is -0.404 e. The number of aliphatic imine (C=N–C) groups is 1. The molecule has 170 valence electrons. The number of allylic oxidation sites excluding steroid dienone is 1. The second-order valence-electron chi connectivity index (χ2n) is 7.38. The van der Waals surface area contributed by atoms with E-state index in [2.05, 4.69) is 20.1 Å². The van der Waals surface area contributed by atoms with E-state index in [1.807, 2.05) is 0 Å². The molecule has 4 heterocycles. The van der Waals surface area contributed by atoms with Gasteiger partial charge in [-0.2, -0.15) is 17.6 Å². The first-order valence-corrected chi connectivity index (χ1v) is 11.5. The summed E-state index contributed by atoms with van der Waals surface area (Å²) in [6.45, 7) is 0. The molecule has 0 fully saturated rings. The maximum absolute atomic E-state index is 13.6. The molecule has 0 saturated heterocycles. The Morgan fingerprint density at radius 1 is 1.06 bits per heavy atom. The van der Waals surface area contributed by atoms with E-state index in [-0.39, 0.29) is 16.4 Å². The summed E-state index contributed by atoms with van der Waals surface area (Å²) in [6.07, 6.45) is 8.80. The molecule has 0 spiro atoms. The Hall–Kier alpha value is -4.38. The van der Waals surface area contributed by atoms with Crippen LogP contribution < -0.4 is 5.73 Å². The number of imidazole rings is 1. The predicted molar refractivity (Wildman–Crippen MR) is 127 cm³/mol. The Bertz CT molecular complexity index is 1700. The summed E-state index contributed by atoms with van der Waals surface area (Å²) < 4.78 is 43.0. The van der Waals surface area contributed by atoms with Crippen LogP contribution in [0.3, 0.4) is 0 Å². The molecule has 2 N–H and O–H groups in total. The van der Waals surface area contributed by atoms with Crippen LogP contribution in [-0.4, -0.2) is 45.2 Å². The Balaban J connectivity index is 1.66.